The van der Waals surface area contributed by atoms with Gasteiger partial charge in [-0.05, 0) is 50.6 Å². The van der Waals surface area contributed by atoms with Crippen molar-refractivity contribution in [3.05, 3.63) is 85.1 Å². The minimum absolute atomic E-state index is 0.0302. The molecule has 184 valence electrons. The van der Waals surface area contributed by atoms with Gasteiger partial charge in [0.2, 0.25) is 0 Å². The van der Waals surface area contributed by atoms with Crippen LogP contribution in [0.4, 0.5) is 0 Å². The first-order valence-electron chi connectivity index (χ1n) is 11.2. The van der Waals surface area contributed by atoms with E-state index in [2.05, 4.69) is 9.88 Å². The number of ether oxygens (including phenoxy) is 2. The largest absolute Gasteiger partial charge is 0.492 e. The van der Waals surface area contributed by atoms with E-state index in [9.17, 15) is 19.5 Å². The molecule has 0 saturated carbocycles. The van der Waals surface area contributed by atoms with Crippen LogP contribution in [0.5, 0.6) is 17.2 Å². The Bertz CT molecular complexity index is 1370. The van der Waals surface area contributed by atoms with Crippen LogP contribution in [-0.2, 0) is 6.54 Å². The van der Waals surface area contributed by atoms with Crippen LogP contribution in [0.2, 0.25) is 5.02 Å². The van der Waals surface area contributed by atoms with Crippen LogP contribution in [-0.4, -0.2) is 45.7 Å². The van der Waals surface area contributed by atoms with Gasteiger partial charge in [-0.3, -0.25) is 19.2 Å². The molecule has 1 saturated heterocycles. The molecule has 0 radical (unpaired) electrons. The summed E-state index contributed by atoms with van der Waals surface area (Å²) in [6, 6.07) is 9.80. The molecule has 1 atom stereocenters. The van der Waals surface area contributed by atoms with Crippen molar-refractivity contribution >= 4 is 17.6 Å². The molecule has 1 aromatic heterocycles. The third-order valence-corrected chi connectivity index (χ3v) is 6.29. The molecule has 9 nitrogen and oxygen atoms in total. The minimum atomic E-state index is -1.14. The summed E-state index contributed by atoms with van der Waals surface area (Å²) in [5, 5.41) is 10.2. The maximum Gasteiger partial charge on any atom is 0.339 e. The number of aromatic carboxylic acids is 1. The van der Waals surface area contributed by atoms with Gasteiger partial charge in [0.25, 0.3) is 5.56 Å². The Morgan fingerprint density at radius 3 is 2.74 bits per heavy atom. The van der Waals surface area contributed by atoms with E-state index < -0.39 is 11.7 Å². The van der Waals surface area contributed by atoms with Gasteiger partial charge >= 0.3 is 11.7 Å². The second kappa shape index (κ2) is 10.4. The van der Waals surface area contributed by atoms with Crippen molar-refractivity contribution < 1.29 is 19.4 Å². The van der Waals surface area contributed by atoms with E-state index in [-0.39, 0.29) is 22.9 Å². The Hall–Kier alpha value is -3.56. The van der Waals surface area contributed by atoms with Crippen LogP contribution in [0, 0.1) is 6.92 Å². The number of benzene rings is 2. The van der Waals surface area contributed by atoms with Crippen LogP contribution in [0.3, 0.4) is 0 Å². The second-order valence-corrected chi connectivity index (χ2v) is 8.95. The molecule has 1 aliphatic heterocycles. The van der Waals surface area contributed by atoms with Crippen LogP contribution in [0.25, 0.3) is 0 Å². The predicted octanol–water partition coefficient (Wildman–Crippen LogP) is 3.83. The van der Waals surface area contributed by atoms with E-state index in [0.717, 1.165) is 24.9 Å². The SMILES string of the molecule is COc1c(CN2CCC[C@H](n3cc(C)c(=O)[nH]c3=O)C2)ccc(C(=O)O)c1Oc1cccc(Cl)c1. The molecule has 2 N–H and O–H groups in total. The number of methoxy groups -OCH3 is 1. The van der Waals surface area contributed by atoms with Gasteiger partial charge in [0.15, 0.2) is 11.5 Å². The number of nitrogens with zero attached hydrogens (tertiary/aromatic N) is 2. The molecule has 2 aromatic carbocycles. The number of nitrogens with one attached hydrogen (secondary N) is 1. The van der Waals surface area contributed by atoms with Crippen molar-refractivity contribution in [2.45, 2.75) is 32.4 Å². The van der Waals surface area contributed by atoms with Gasteiger partial charge in [0.1, 0.15) is 11.3 Å². The van der Waals surface area contributed by atoms with Crippen LogP contribution < -0.4 is 20.7 Å². The monoisotopic (exact) mass is 499 g/mol. The summed E-state index contributed by atoms with van der Waals surface area (Å²) >= 11 is 6.06. The first-order chi connectivity index (χ1) is 16.8. The fourth-order valence-electron chi connectivity index (χ4n) is 4.37. The lowest BCUT2D eigenvalue weighted by molar-refractivity contribution is 0.0693. The third-order valence-electron chi connectivity index (χ3n) is 6.06. The first kappa shape index (κ1) is 24.6. The molecular formula is C25H26ClN3O6. The van der Waals surface area contributed by atoms with E-state index in [1.54, 1.807) is 48.0 Å². The molecule has 0 unspecified atom stereocenters. The number of likely N-dealkylation sites (tertiary alicyclic amines) is 1. The van der Waals surface area contributed by atoms with E-state index in [1.165, 1.54) is 13.2 Å². The normalized spacial score (nSPS) is 16.1. The highest BCUT2D eigenvalue weighted by Crippen LogP contribution is 2.39. The van der Waals surface area contributed by atoms with Gasteiger partial charge in [-0.1, -0.05) is 23.7 Å². The summed E-state index contributed by atoms with van der Waals surface area (Å²) in [6.45, 7) is 3.51. The summed E-state index contributed by atoms with van der Waals surface area (Å²) in [5.74, 6) is -0.330. The van der Waals surface area contributed by atoms with Crippen LogP contribution >= 0.6 is 11.6 Å². The molecule has 0 aliphatic carbocycles. The maximum atomic E-state index is 12.4. The molecular weight excluding hydrogens is 474 g/mol. The minimum Gasteiger partial charge on any atom is -0.492 e. The molecule has 3 aromatic rings. The lowest BCUT2D eigenvalue weighted by atomic mass is 10.0. The van der Waals surface area contributed by atoms with Gasteiger partial charge in [0, 0.05) is 35.4 Å². The van der Waals surface area contributed by atoms with Gasteiger partial charge in [-0.2, -0.15) is 0 Å². The number of carboxylic acids is 1. The van der Waals surface area contributed by atoms with Crippen molar-refractivity contribution in [1.82, 2.24) is 14.5 Å². The van der Waals surface area contributed by atoms with E-state index in [0.29, 0.717) is 35.2 Å². The number of halogens is 1. The van der Waals surface area contributed by atoms with Gasteiger partial charge in [-0.15, -0.1) is 0 Å². The average Bonchev–Trinajstić information content (AvgIpc) is 2.81. The molecule has 35 heavy (non-hydrogen) atoms. The number of hydrogen-bond acceptors (Lipinski definition) is 6. The maximum absolute atomic E-state index is 12.4. The first-order valence-corrected chi connectivity index (χ1v) is 11.6. The Labute approximate surface area is 206 Å². The zero-order chi connectivity index (χ0) is 25.1. The number of aromatic amines is 1. The molecule has 1 aliphatic rings. The fraction of sp³-hybridized carbons (Fsp3) is 0.320. The number of hydrogen-bond donors (Lipinski definition) is 2. The quantitative estimate of drug-likeness (QED) is 0.507. The lowest BCUT2D eigenvalue weighted by Crippen LogP contribution is -2.41. The number of rotatable bonds is 7. The highest BCUT2D eigenvalue weighted by Gasteiger charge is 2.26. The van der Waals surface area contributed by atoms with Gasteiger partial charge < -0.3 is 14.6 Å². The number of carboxylic acid groups (broad SMARTS) is 1. The predicted molar refractivity (Wildman–Crippen MR) is 131 cm³/mol. The van der Waals surface area contributed by atoms with Crippen molar-refractivity contribution in [2.24, 2.45) is 0 Å². The number of piperidine rings is 1. The topological polar surface area (TPSA) is 114 Å². The summed E-state index contributed by atoms with van der Waals surface area (Å²) in [4.78, 5) is 40.6. The average molecular weight is 500 g/mol. The zero-order valence-electron chi connectivity index (χ0n) is 19.4. The Morgan fingerprint density at radius 2 is 2.03 bits per heavy atom. The molecule has 2 heterocycles. The molecule has 1 fully saturated rings. The zero-order valence-corrected chi connectivity index (χ0v) is 20.2. The summed E-state index contributed by atoms with van der Waals surface area (Å²) in [5.41, 5.74) is 0.399. The number of carbonyl (C=O) groups is 1. The highest BCUT2D eigenvalue weighted by atomic mass is 35.5. The summed E-state index contributed by atoms with van der Waals surface area (Å²) in [7, 11) is 1.47. The number of aromatic nitrogens is 2. The van der Waals surface area contributed by atoms with Gasteiger partial charge in [0.05, 0.1) is 13.2 Å². The van der Waals surface area contributed by atoms with Crippen molar-refractivity contribution in [2.75, 3.05) is 20.2 Å². The molecule has 10 heteroatoms. The van der Waals surface area contributed by atoms with E-state index >= 15 is 0 Å². The van der Waals surface area contributed by atoms with Crippen molar-refractivity contribution in [3.8, 4) is 17.2 Å². The summed E-state index contributed by atoms with van der Waals surface area (Å²) in [6.07, 6.45) is 3.27. The molecule has 0 amide bonds. The Kier molecular flexibility index (Phi) is 7.28. The molecule has 0 bridgehead atoms. The molecule has 4 rings (SSSR count). The van der Waals surface area contributed by atoms with Crippen LogP contribution in [0.15, 0.2) is 52.2 Å². The fourth-order valence-corrected chi connectivity index (χ4v) is 4.55. The van der Waals surface area contributed by atoms with E-state index in [4.69, 9.17) is 21.1 Å². The summed E-state index contributed by atoms with van der Waals surface area (Å²) < 4.78 is 13.2. The highest BCUT2D eigenvalue weighted by molar-refractivity contribution is 6.30. The second-order valence-electron chi connectivity index (χ2n) is 8.51. The van der Waals surface area contributed by atoms with Gasteiger partial charge in [-0.25, -0.2) is 9.59 Å². The lowest BCUT2D eigenvalue weighted by Gasteiger charge is -2.34. The number of H-pyrrole nitrogens is 1. The van der Waals surface area contributed by atoms with Crippen molar-refractivity contribution in [1.29, 1.82) is 0 Å². The Morgan fingerprint density at radius 1 is 1.23 bits per heavy atom. The molecule has 0 spiro atoms. The Balaban J connectivity index is 1.63. The van der Waals surface area contributed by atoms with E-state index in [1.807, 2.05) is 0 Å². The third kappa shape index (κ3) is 5.41. The number of aryl methyl sites for hydroxylation is 1. The smallest absolute Gasteiger partial charge is 0.339 e. The van der Waals surface area contributed by atoms with Crippen LogP contribution in [0.1, 0.15) is 40.4 Å². The standard InChI is InChI=1S/C25H26ClN3O6/c1-15-12-29(25(33)27-23(15)30)18-6-4-10-28(14-18)13-16-8-9-20(24(31)32)22(21(16)34-2)35-19-7-3-5-17(26)11-19/h3,5,7-9,11-12,18H,4,6,10,13-14H2,1-2H3,(H,31,32)(H,27,30,33)/t18-/m0/s1. The van der Waals surface area contributed by atoms with Crippen molar-refractivity contribution in [3.63, 3.8) is 0 Å².